The van der Waals surface area contributed by atoms with E-state index in [9.17, 15) is 9.59 Å². The van der Waals surface area contributed by atoms with Crippen LogP contribution < -0.4 is 15.2 Å². The maximum atomic E-state index is 13.0. The molecule has 1 saturated heterocycles. The van der Waals surface area contributed by atoms with Crippen molar-refractivity contribution in [3.8, 4) is 5.75 Å². The molecule has 0 aliphatic carbocycles. The van der Waals surface area contributed by atoms with Crippen molar-refractivity contribution >= 4 is 38.9 Å². The number of ether oxygens (including phenoxy) is 1. The third-order valence-electron chi connectivity index (χ3n) is 6.69. The molecule has 0 spiro atoms. The Morgan fingerprint density at radius 3 is 2.53 bits per heavy atom. The van der Waals surface area contributed by atoms with Gasteiger partial charge in [0.2, 0.25) is 11.7 Å². The van der Waals surface area contributed by atoms with E-state index in [1.54, 1.807) is 11.7 Å². The minimum absolute atomic E-state index is 0.0101. The topological polar surface area (TPSA) is 85.0 Å². The SMILES string of the molecule is COc1ccc(N2CCN(C(=O)CCCc3nnc4n(CC(C)C)c(=O)c5sccc5n34)CC2)cc1. The molecule has 0 N–H and O–H groups in total. The number of fused-ring (bicyclic) bond motifs is 3. The number of hydrogen-bond acceptors (Lipinski definition) is 7. The highest BCUT2D eigenvalue weighted by Gasteiger charge is 2.22. The number of anilines is 1. The summed E-state index contributed by atoms with van der Waals surface area (Å²) in [6.07, 6.45) is 1.78. The summed E-state index contributed by atoms with van der Waals surface area (Å²) >= 11 is 1.45. The van der Waals surface area contributed by atoms with Gasteiger partial charge in [0.1, 0.15) is 16.3 Å². The number of amides is 1. The van der Waals surface area contributed by atoms with Crippen molar-refractivity contribution in [3.63, 3.8) is 0 Å². The lowest BCUT2D eigenvalue weighted by molar-refractivity contribution is -0.131. The quantitative estimate of drug-likeness (QED) is 0.363. The normalized spacial score (nSPS) is 14.3. The Morgan fingerprint density at radius 1 is 1.08 bits per heavy atom. The van der Waals surface area contributed by atoms with Gasteiger partial charge in [0.25, 0.3) is 5.56 Å². The van der Waals surface area contributed by atoms with Crippen LogP contribution in [0.25, 0.3) is 16.0 Å². The summed E-state index contributed by atoms with van der Waals surface area (Å²) in [4.78, 5) is 30.2. The Labute approximate surface area is 213 Å². The number of benzene rings is 1. The van der Waals surface area contributed by atoms with Crippen molar-refractivity contribution in [2.75, 3.05) is 38.2 Å². The predicted molar refractivity (Wildman–Crippen MR) is 142 cm³/mol. The molecule has 0 unspecified atom stereocenters. The number of rotatable bonds is 8. The zero-order valence-corrected chi connectivity index (χ0v) is 21.8. The van der Waals surface area contributed by atoms with E-state index < -0.39 is 0 Å². The third kappa shape index (κ3) is 4.69. The molecule has 9 nitrogen and oxygen atoms in total. The van der Waals surface area contributed by atoms with Gasteiger partial charge in [0.05, 0.1) is 12.6 Å². The van der Waals surface area contributed by atoms with Crippen LogP contribution in [0.1, 0.15) is 32.5 Å². The van der Waals surface area contributed by atoms with E-state index in [-0.39, 0.29) is 11.5 Å². The van der Waals surface area contributed by atoms with Gasteiger partial charge in [0.15, 0.2) is 0 Å². The van der Waals surface area contributed by atoms with E-state index in [0.717, 1.165) is 53.7 Å². The average molecular weight is 509 g/mol. The van der Waals surface area contributed by atoms with Crippen LogP contribution in [-0.4, -0.2) is 63.3 Å². The van der Waals surface area contributed by atoms with Crippen LogP contribution in [-0.2, 0) is 17.8 Å². The number of nitrogens with zero attached hydrogens (tertiary/aromatic N) is 6. The van der Waals surface area contributed by atoms with E-state index in [1.165, 1.54) is 11.3 Å². The molecule has 0 bridgehead atoms. The standard InChI is InChI=1S/C26H32N6O3S/c1-18(2)17-31-25(34)24-21(11-16-36-24)32-22(27-28-26(31)32)5-4-6-23(33)30-14-12-29(13-15-30)19-7-9-20(35-3)10-8-19/h7-11,16,18H,4-6,12-15,17H2,1-3H3. The summed E-state index contributed by atoms with van der Waals surface area (Å²) < 4.78 is 9.68. The lowest BCUT2D eigenvalue weighted by atomic mass is 10.2. The Hall–Kier alpha value is -3.40. The molecule has 1 aromatic carbocycles. The van der Waals surface area contributed by atoms with Crippen LogP contribution in [0, 0.1) is 5.92 Å². The van der Waals surface area contributed by atoms with Gasteiger partial charge in [-0.25, -0.2) is 0 Å². The number of methoxy groups -OCH3 is 1. The molecule has 3 aromatic heterocycles. The van der Waals surface area contributed by atoms with Gasteiger partial charge >= 0.3 is 0 Å². The van der Waals surface area contributed by atoms with Gasteiger partial charge < -0.3 is 14.5 Å². The molecule has 4 heterocycles. The summed E-state index contributed by atoms with van der Waals surface area (Å²) in [5.74, 6) is 2.71. The second kappa shape index (κ2) is 10.3. The summed E-state index contributed by atoms with van der Waals surface area (Å²) in [5.41, 5.74) is 1.99. The van der Waals surface area contributed by atoms with Crippen LogP contribution >= 0.6 is 11.3 Å². The van der Waals surface area contributed by atoms with Crippen LogP contribution in [0.15, 0.2) is 40.5 Å². The van der Waals surface area contributed by atoms with Crippen LogP contribution in [0.3, 0.4) is 0 Å². The third-order valence-corrected chi connectivity index (χ3v) is 7.58. The second-order valence-electron chi connectivity index (χ2n) is 9.62. The zero-order chi connectivity index (χ0) is 25.2. The van der Waals surface area contributed by atoms with E-state index in [1.807, 2.05) is 32.9 Å². The van der Waals surface area contributed by atoms with Gasteiger partial charge in [0, 0.05) is 51.3 Å². The average Bonchev–Trinajstić information content (AvgIpc) is 3.54. The summed E-state index contributed by atoms with van der Waals surface area (Å²) in [6.45, 7) is 7.83. The number of carbonyl (C=O) groups is 1. The van der Waals surface area contributed by atoms with Gasteiger partial charge in [-0.05, 0) is 48.1 Å². The smallest absolute Gasteiger partial charge is 0.272 e. The second-order valence-corrected chi connectivity index (χ2v) is 10.5. The number of aromatic nitrogens is 4. The highest BCUT2D eigenvalue weighted by molar-refractivity contribution is 7.17. The molecule has 1 aliphatic rings. The Bertz CT molecular complexity index is 1410. The molecule has 0 radical (unpaired) electrons. The maximum Gasteiger partial charge on any atom is 0.272 e. The van der Waals surface area contributed by atoms with Crippen molar-refractivity contribution in [2.45, 2.75) is 39.7 Å². The lowest BCUT2D eigenvalue weighted by Gasteiger charge is -2.36. The first-order valence-corrected chi connectivity index (χ1v) is 13.3. The number of aryl methyl sites for hydroxylation is 1. The Morgan fingerprint density at radius 2 is 1.83 bits per heavy atom. The molecule has 1 aliphatic heterocycles. The van der Waals surface area contributed by atoms with Gasteiger partial charge in [-0.2, -0.15) is 0 Å². The molecule has 1 fully saturated rings. The van der Waals surface area contributed by atoms with Gasteiger partial charge in [-0.3, -0.25) is 18.6 Å². The first-order chi connectivity index (χ1) is 17.5. The number of piperazine rings is 1. The van der Waals surface area contributed by atoms with E-state index in [4.69, 9.17) is 4.74 Å². The van der Waals surface area contributed by atoms with Crippen molar-refractivity contribution < 1.29 is 9.53 Å². The molecule has 10 heteroatoms. The molecule has 190 valence electrons. The van der Waals surface area contributed by atoms with Crippen LogP contribution in [0.2, 0.25) is 0 Å². The first-order valence-electron chi connectivity index (χ1n) is 12.5. The van der Waals surface area contributed by atoms with E-state index in [2.05, 4.69) is 41.1 Å². The maximum absolute atomic E-state index is 13.0. The van der Waals surface area contributed by atoms with E-state index >= 15 is 0 Å². The van der Waals surface area contributed by atoms with Crippen molar-refractivity contribution in [3.05, 3.63) is 51.9 Å². The highest BCUT2D eigenvalue weighted by atomic mass is 32.1. The monoisotopic (exact) mass is 508 g/mol. The lowest BCUT2D eigenvalue weighted by Crippen LogP contribution is -2.48. The first kappa shape index (κ1) is 24.3. The summed E-state index contributed by atoms with van der Waals surface area (Å²) in [7, 11) is 1.67. The van der Waals surface area contributed by atoms with Crippen molar-refractivity contribution in [1.29, 1.82) is 0 Å². The number of thiophene rings is 1. The molecular weight excluding hydrogens is 476 g/mol. The van der Waals surface area contributed by atoms with Crippen molar-refractivity contribution in [2.24, 2.45) is 5.92 Å². The molecule has 36 heavy (non-hydrogen) atoms. The fourth-order valence-corrected chi connectivity index (χ4v) is 5.66. The Balaban J connectivity index is 1.22. The van der Waals surface area contributed by atoms with Crippen LogP contribution in [0.5, 0.6) is 5.75 Å². The van der Waals surface area contributed by atoms with Gasteiger partial charge in [-0.1, -0.05) is 13.8 Å². The molecule has 4 aromatic rings. The molecule has 0 atom stereocenters. The molecule has 0 saturated carbocycles. The summed E-state index contributed by atoms with van der Waals surface area (Å²) in [5, 5.41) is 10.7. The fourth-order valence-electron chi connectivity index (χ4n) is 4.84. The molecular formula is C26H32N6O3S. The number of hydrogen-bond donors (Lipinski definition) is 0. The number of carbonyl (C=O) groups excluding carboxylic acids is 1. The largest absolute Gasteiger partial charge is 0.497 e. The van der Waals surface area contributed by atoms with E-state index in [0.29, 0.717) is 37.5 Å². The highest BCUT2D eigenvalue weighted by Crippen LogP contribution is 2.22. The van der Waals surface area contributed by atoms with Crippen molar-refractivity contribution in [1.82, 2.24) is 24.1 Å². The zero-order valence-electron chi connectivity index (χ0n) is 21.0. The molecule has 1 amide bonds. The van der Waals surface area contributed by atoms with Crippen LogP contribution in [0.4, 0.5) is 5.69 Å². The predicted octanol–water partition coefficient (Wildman–Crippen LogP) is 3.44. The minimum Gasteiger partial charge on any atom is -0.497 e. The summed E-state index contributed by atoms with van der Waals surface area (Å²) in [6, 6.07) is 10.0. The fraction of sp³-hybridized carbons (Fsp3) is 0.462. The minimum atomic E-state index is -0.0101. The Kier molecular flexibility index (Phi) is 6.95. The van der Waals surface area contributed by atoms with Gasteiger partial charge in [-0.15, -0.1) is 21.5 Å². The molecule has 5 rings (SSSR count).